The number of methoxy groups -OCH3 is 1. The number of carbonyl (C=O) groups excluding carboxylic acids is 5. The predicted molar refractivity (Wildman–Crippen MR) is 291 cm³/mol. The fourth-order valence-corrected chi connectivity index (χ4v) is 13.8. The maximum absolute atomic E-state index is 14.4. The number of aliphatic hydroxyl groups excluding tert-OH is 3. The largest absolute Gasteiger partial charge is 0.497 e. The lowest BCUT2D eigenvalue weighted by atomic mass is 9.44. The Hall–Kier alpha value is -5.49. The molecule has 446 valence electrons. The molecule has 2 saturated heterocycles. The van der Waals surface area contributed by atoms with Gasteiger partial charge in [0.25, 0.3) is 0 Å². The van der Waals surface area contributed by atoms with Crippen LogP contribution in [0.1, 0.15) is 121 Å². The highest BCUT2D eigenvalue weighted by molar-refractivity contribution is 5.89. The summed E-state index contributed by atoms with van der Waals surface area (Å²) in [5.74, 6) is -2.27. The lowest BCUT2D eigenvalue weighted by Crippen LogP contribution is -2.70. The molecule has 5 fully saturated rings. The number of Topliss-reactive ketones (excluding diaryl/α,β-unsaturated/α-hetero) is 1. The number of ketones is 1. The van der Waals surface area contributed by atoms with E-state index in [-0.39, 0.29) is 67.1 Å². The summed E-state index contributed by atoms with van der Waals surface area (Å²) in [4.78, 5) is 66.6. The Morgan fingerprint density at radius 1 is 0.827 bits per heavy atom. The van der Waals surface area contributed by atoms with Crippen molar-refractivity contribution >= 4 is 29.9 Å². The number of hydrogen-bond donors (Lipinski definition) is 7. The molecule has 21 nitrogen and oxygen atoms in total. The van der Waals surface area contributed by atoms with E-state index in [2.05, 4.69) is 30.2 Å². The molecule has 0 bridgehead atoms. The number of nitrogens with one attached hydrogen (secondary N) is 2. The quantitative estimate of drug-likeness (QED) is 0.0492. The van der Waals surface area contributed by atoms with Crippen LogP contribution in [0.3, 0.4) is 0 Å². The first-order valence-corrected chi connectivity index (χ1v) is 28.3. The van der Waals surface area contributed by atoms with Gasteiger partial charge in [0.05, 0.1) is 38.1 Å². The van der Waals surface area contributed by atoms with Crippen LogP contribution in [-0.2, 0) is 60.6 Å². The first-order valence-electron chi connectivity index (χ1n) is 28.3. The first-order chi connectivity index (χ1) is 38.5. The normalized spacial score (nSPS) is 35.6. The van der Waals surface area contributed by atoms with E-state index < -0.39 is 121 Å². The van der Waals surface area contributed by atoms with Gasteiger partial charge in [-0.25, -0.2) is 14.4 Å². The van der Waals surface area contributed by atoms with Gasteiger partial charge < -0.3 is 79.4 Å². The van der Waals surface area contributed by atoms with Crippen LogP contribution < -0.4 is 21.1 Å². The number of benzene rings is 2. The lowest BCUT2D eigenvalue weighted by molar-refractivity contribution is -0.345. The molecule has 81 heavy (non-hydrogen) atoms. The van der Waals surface area contributed by atoms with Crippen molar-refractivity contribution in [2.45, 2.75) is 185 Å². The second-order valence-electron chi connectivity index (χ2n) is 23.8. The third kappa shape index (κ3) is 12.7. The Morgan fingerprint density at radius 2 is 1.48 bits per heavy atom. The van der Waals surface area contributed by atoms with Crippen molar-refractivity contribution in [3.8, 4) is 5.75 Å². The summed E-state index contributed by atoms with van der Waals surface area (Å²) in [6, 6.07) is 12.9. The third-order valence-electron chi connectivity index (χ3n) is 18.5. The first kappa shape index (κ1) is 61.6. The smallest absolute Gasteiger partial charge is 0.407 e. The molecule has 2 aliphatic heterocycles. The number of aliphatic hydroxyl groups is 4. The fourth-order valence-electron chi connectivity index (χ4n) is 13.8. The minimum atomic E-state index is -1.89. The highest BCUT2D eigenvalue weighted by atomic mass is 16.8. The molecule has 2 aromatic carbocycles. The highest BCUT2D eigenvalue weighted by Gasteiger charge is 2.76. The van der Waals surface area contributed by atoms with Gasteiger partial charge in [-0.3, -0.25) is 9.59 Å². The van der Waals surface area contributed by atoms with Gasteiger partial charge >= 0.3 is 24.1 Å². The SMILES string of the molecule is C=CCOC(=O)NCc1ccc(CNC(=O)OC2COC(OC3C(O)COC(OC4C[C@@]5(N)C6CC=C7CC(O)CCC7(C)C6CCC5(C)[C@@]4(O)[C@H](C)C(=O)CCC(C)C)C3OC(C)=O)C(OC(=O)c3ccc(OC)cc3)C2O)cc1. The number of hydrogen-bond acceptors (Lipinski definition) is 19. The Kier molecular flexibility index (Phi) is 19.4. The molecule has 3 saturated carbocycles. The van der Waals surface area contributed by atoms with Crippen molar-refractivity contribution in [3.05, 3.63) is 89.5 Å². The van der Waals surface area contributed by atoms with Crippen LogP contribution in [0, 0.1) is 34.5 Å². The Bertz CT molecular complexity index is 2600. The molecule has 6 aliphatic rings. The number of alkyl carbamates (subject to hydrolysis) is 2. The summed E-state index contributed by atoms with van der Waals surface area (Å²) in [7, 11) is 1.46. The predicted octanol–water partition coefficient (Wildman–Crippen LogP) is 5.45. The molecule has 14 unspecified atom stereocenters. The molecule has 2 amide bonds. The van der Waals surface area contributed by atoms with Gasteiger partial charge in [0.2, 0.25) is 0 Å². The van der Waals surface area contributed by atoms with Crippen LogP contribution in [0.25, 0.3) is 0 Å². The summed E-state index contributed by atoms with van der Waals surface area (Å²) in [6.45, 7) is 13.9. The molecule has 0 aromatic heterocycles. The van der Waals surface area contributed by atoms with Gasteiger partial charge in [-0.15, -0.1) is 0 Å². The topological polar surface area (TPSA) is 299 Å². The van der Waals surface area contributed by atoms with Gasteiger partial charge in [0.1, 0.15) is 42.1 Å². The third-order valence-corrected chi connectivity index (χ3v) is 18.5. The standard InChI is InChI=1S/C60H83N3O18/c1-9-26-74-55(70)62-29-36-11-13-37(14-12-36)30-63-56(71)78-46-32-76-53(50(48(46)68)80-52(69)38-15-18-41(73-8)19-16-38)81-49-45(67)31-75-54(51(49)77-35(5)64)79-47-28-59(61)43-20-17-39-27-40(65)22-24-57(39,6)42(43)23-25-58(59,7)60(47,72)34(4)44(66)21-10-33(2)3/h9,11-19,33-34,40,42-43,45-51,53-54,65,67-68,72H,1,10,20-32,61H2,2-8H3,(H,62,70)(H,63,71)/t34-,40?,42?,43?,45?,46?,47?,48?,49?,50?,51?,53?,54?,57?,58?,59-,60-/m1/s1. The highest BCUT2D eigenvalue weighted by Crippen LogP contribution is 2.70. The molecule has 0 radical (unpaired) electrons. The van der Waals surface area contributed by atoms with Crippen LogP contribution in [-0.4, -0.2) is 150 Å². The second-order valence-corrected chi connectivity index (χ2v) is 23.8. The molecule has 8 N–H and O–H groups in total. The Labute approximate surface area is 473 Å². The Balaban J connectivity index is 1.03. The van der Waals surface area contributed by atoms with Crippen LogP contribution in [0.15, 0.2) is 72.8 Å². The van der Waals surface area contributed by atoms with E-state index in [0.29, 0.717) is 49.8 Å². The minimum Gasteiger partial charge on any atom is -0.497 e. The van der Waals surface area contributed by atoms with E-state index in [4.69, 9.17) is 48.4 Å². The zero-order valence-corrected chi connectivity index (χ0v) is 47.5. The average molecular weight is 1130 g/mol. The molecule has 21 heteroatoms. The number of rotatable bonds is 20. The lowest BCUT2D eigenvalue weighted by Gasteiger charge is -2.63. The number of allylic oxidation sites excluding steroid dienone is 1. The van der Waals surface area contributed by atoms with Crippen molar-refractivity contribution in [1.29, 1.82) is 0 Å². The monoisotopic (exact) mass is 1130 g/mol. The fraction of sp³-hybridized carbons (Fsp3) is 0.650. The summed E-state index contributed by atoms with van der Waals surface area (Å²) < 4.78 is 53.3. The van der Waals surface area contributed by atoms with Crippen molar-refractivity contribution in [2.24, 2.45) is 40.2 Å². The van der Waals surface area contributed by atoms with Crippen LogP contribution in [0.4, 0.5) is 9.59 Å². The number of ether oxygens (including phenoxy) is 9. The van der Waals surface area contributed by atoms with Crippen LogP contribution >= 0.6 is 0 Å². The maximum atomic E-state index is 14.4. The van der Waals surface area contributed by atoms with Crippen molar-refractivity contribution in [2.75, 3.05) is 26.9 Å². The van der Waals surface area contributed by atoms with E-state index in [9.17, 15) is 44.4 Å². The summed E-state index contributed by atoms with van der Waals surface area (Å²) in [5.41, 5.74) is 6.26. The van der Waals surface area contributed by atoms with E-state index >= 15 is 0 Å². The molecular formula is C60H83N3O18. The molecule has 8 rings (SSSR count). The molecule has 2 aromatic rings. The zero-order chi connectivity index (χ0) is 58.6. The van der Waals surface area contributed by atoms with Crippen LogP contribution in [0.2, 0.25) is 0 Å². The number of carbonyl (C=O) groups is 5. The summed E-state index contributed by atoms with van der Waals surface area (Å²) >= 11 is 0. The molecule has 4 aliphatic carbocycles. The maximum Gasteiger partial charge on any atom is 0.407 e. The van der Waals surface area contributed by atoms with E-state index in [0.717, 1.165) is 18.9 Å². The van der Waals surface area contributed by atoms with E-state index in [1.165, 1.54) is 43.0 Å². The van der Waals surface area contributed by atoms with Crippen molar-refractivity contribution < 1.29 is 87.0 Å². The number of esters is 2. The van der Waals surface area contributed by atoms with E-state index in [1.807, 2.05) is 20.8 Å². The van der Waals surface area contributed by atoms with Gasteiger partial charge in [0.15, 0.2) is 30.9 Å². The number of fused-ring (bicyclic) bond motifs is 5. The van der Waals surface area contributed by atoms with Gasteiger partial charge in [-0.1, -0.05) is 83.2 Å². The van der Waals surface area contributed by atoms with Crippen molar-refractivity contribution in [3.63, 3.8) is 0 Å². The zero-order valence-electron chi connectivity index (χ0n) is 47.5. The van der Waals surface area contributed by atoms with Gasteiger partial charge in [-0.2, -0.15) is 0 Å². The molecular weight excluding hydrogens is 1050 g/mol. The van der Waals surface area contributed by atoms with Crippen LogP contribution in [0.5, 0.6) is 5.75 Å². The minimum absolute atomic E-state index is 0.00321. The van der Waals surface area contributed by atoms with Gasteiger partial charge in [-0.05, 0) is 110 Å². The molecule has 17 atom stereocenters. The van der Waals surface area contributed by atoms with Crippen molar-refractivity contribution in [1.82, 2.24) is 10.6 Å². The van der Waals surface area contributed by atoms with E-state index in [1.54, 1.807) is 31.2 Å². The number of nitrogens with two attached hydrogens (primary N) is 1. The molecule has 2 heterocycles. The number of amides is 2. The average Bonchev–Trinajstić information content (AvgIpc) is 3.57. The Morgan fingerprint density at radius 3 is 2.12 bits per heavy atom. The summed E-state index contributed by atoms with van der Waals surface area (Å²) in [5, 5.41) is 53.4. The van der Waals surface area contributed by atoms with Gasteiger partial charge in [0, 0.05) is 43.3 Å². The molecule has 0 spiro atoms. The summed E-state index contributed by atoms with van der Waals surface area (Å²) in [6.07, 6.45) is -7.77. The second kappa shape index (κ2) is 25.6.